The smallest absolute Gasteiger partial charge is 0.225 e. The van der Waals surface area contributed by atoms with E-state index in [1.54, 1.807) is 4.90 Å². The van der Waals surface area contributed by atoms with Crippen LogP contribution in [-0.4, -0.2) is 21.4 Å². The largest absolute Gasteiger partial charge is 0.363 e. The van der Waals surface area contributed by atoms with Crippen LogP contribution in [0.3, 0.4) is 0 Å². The molecule has 4 rings (SSSR count). The summed E-state index contributed by atoms with van der Waals surface area (Å²) in [6.45, 7) is 1.53. The lowest BCUT2D eigenvalue weighted by atomic mass is 10.1. The molecular formula is C19H18N2O2S. The molecule has 2 aliphatic heterocycles. The fourth-order valence-electron chi connectivity index (χ4n) is 3.38. The molecule has 0 bridgehead atoms. The number of carbonyl (C=O) groups excluding carboxylic acids is 1. The van der Waals surface area contributed by atoms with E-state index in [0.29, 0.717) is 5.56 Å². The molecule has 2 atom stereocenters. The van der Waals surface area contributed by atoms with Crippen molar-refractivity contribution in [3.63, 3.8) is 0 Å². The zero-order chi connectivity index (χ0) is 16.7. The van der Waals surface area contributed by atoms with Gasteiger partial charge in [-0.25, -0.2) is 4.99 Å². The number of para-hydroxylation sites is 1. The Hall–Kier alpha value is -2.11. The van der Waals surface area contributed by atoms with E-state index in [1.165, 1.54) is 24.2 Å². The van der Waals surface area contributed by atoms with Crippen LogP contribution < -0.4 is 4.90 Å². The molecule has 2 aromatic rings. The summed E-state index contributed by atoms with van der Waals surface area (Å²) in [4.78, 5) is 18.4. The molecule has 24 heavy (non-hydrogen) atoms. The van der Waals surface area contributed by atoms with Crippen LogP contribution in [0, 0.1) is 0 Å². The van der Waals surface area contributed by atoms with Crippen LogP contribution in [0.25, 0.3) is 0 Å². The molecule has 0 saturated carbocycles. The predicted molar refractivity (Wildman–Crippen MR) is 97.1 cm³/mol. The molecule has 1 N–H and O–H groups in total. The van der Waals surface area contributed by atoms with E-state index in [2.05, 4.69) is 17.1 Å². The summed E-state index contributed by atoms with van der Waals surface area (Å²) in [6.07, 6.45) is 1.64. The van der Waals surface area contributed by atoms with Gasteiger partial charge in [0.25, 0.3) is 0 Å². The SMILES string of the molecule is CC(=O)N1c2ccccc2[C@]2(O)N=C(CCc3ccccc3)S[C@@H]12. The molecule has 0 saturated heterocycles. The van der Waals surface area contributed by atoms with E-state index in [0.717, 1.165) is 23.6 Å². The first kappa shape index (κ1) is 15.4. The van der Waals surface area contributed by atoms with Crippen molar-refractivity contribution in [1.29, 1.82) is 0 Å². The average molecular weight is 338 g/mol. The van der Waals surface area contributed by atoms with E-state index in [1.807, 2.05) is 42.5 Å². The van der Waals surface area contributed by atoms with Crippen LogP contribution in [0.4, 0.5) is 5.69 Å². The molecule has 2 aliphatic rings. The first-order chi connectivity index (χ1) is 11.6. The number of aliphatic hydroxyl groups is 1. The fourth-order valence-corrected chi connectivity index (χ4v) is 4.76. The van der Waals surface area contributed by atoms with Crippen molar-refractivity contribution in [3.05, 3.63) is 65.7 Å². The zero-order valence-corrected chi connectivity index (χ0v) is 14.2. The number of benzene rings is 2. The maximum atomic E-state index is 12.1. The Morgan fingerprint density at radius 1 is 1.17 bits per heavy atom. The van der Waals surface area contributed by atoms with Crippen LogP contribution >= 0.6 is 11.8 Å². The van der Waals surface area contributed by atoms with Crippen molar-refractivity contribution in [2.75, 3.05) is 4.90 Å². The van der Waals surface area contributed by atoms with Gasteiger partial charge in [0.1, 0.15) is 5.37 Å². The summed E-state index contributed by atoms with van der Waals surface area (Å²) in [7, 11) is 0. The van der Waals surface area contributed by atoms with E-state index in [4.69, 9.17) is 0 Å². The molecule has 0 aliphatic carbocycles. The van der Waals surface area contributed by atoms with Crippen molar-refractivity contribution in [2.24, 2.45) is 4.99 Å². The van der Waals surface area contributed by atoms with Gasteiger partial charge in [-0.3, -0.25) is 9.69 Å². The van der Waals surface area contributed by atoms with E-state index >= 15 is 0 Å². The number of thioether (sulfide) groups is 1. The number of hydrogen-bond donors (Lipinski definition) is 1. The molecule has 0 fully saturated rings. The summed E-state index contributed by atoms with van der Waals surface area (Å²) in [5, 5.41) is 11.7. The van der Waals surface area contributed by atoms with Gasteiger partial charge in [-0.1, -0.05) is 60.3 Å². The average Bonchev–Trinajstić information content (AvgIpc) is 3.03. The lowest BCUT2D eigenvalue weighted by molar-refractivity contribution is -0.117. The number of aliphatic imine (C=N–C) groups is 1. The second-order valence-electron chi connectivity index (χ2n) is 6.09. The highest BCUT2D eigenvalue weighted by Crippen LogP contribution is 2.53. The zero-order valence-electron chi connectivity index (χ0n) is 13.3. The number of amides is 1. The quantitative estimate of drug-likeness (QED) is 0.934. The third-order valence-corrected chi connectivity index (χ3v) is 5.82. The Kier molecular flexibility index (Phi) is 3.70. The predicted octanol–water partition coefficient (Wildman–Crippen LogP) is 3.30. The van der Waals surface area contributed by atoms with E-state index in [-0.39, 0.29) is 5.91 Å². The van der Waals surface area contributed by atoms with Gasteiger partial charge in [-0.15, -0.1) is 0 Å². The van der Waals surface area contributed by atoms with Gasteiger partial charge in [0, 0.05) is 12.5 Å². The molecule has 2 heterocycles. The minimum Gasteiger partial charge on any atom is -0.363 e. The lowest BCUT2D eigenvalue weighted by Crippen LogP contribution is -2.41. The van der Waals surface area contributed by atoms with Gasteiger partial charge in [0.15, 0.2) is 0 Å². The second-order valence-corrected chi connectivity index (χ2v) is 7.25. The Labute approximate surface area is 145 Å². The molecule has 4 nitrogen and oxygen atoms in total. The third-order valence-electron chi connectivity index (χ3n) is 4.49. The minimum atomic E-state index is -1.33. The third kappa shape index (κ3) is 2.36. The van der Waals surface area contributed by atoms with Crippen molar-refractivity contribution >= 4 is 28.4 Å². The number of carbonyl (C=O) groups is 1. The molecule has 0 spiro atoms. The number of nitrogens with zero attached hydrogens (tertiary/aromatic N) is 2. The van der Waals surface area contributed by atoms with Gasteiger partial charge in [0.2, 0.25) is 11.6 Å². The van der Waals surface area contributed by atoms with E-state index < -0.39 is 11.1 Å². The number of anilines is 1. The fraction of sp³-hybridized carbons (Fsp3) is 0.263. The van der Waals surface area contributed by atoms with Crippen LogP contribution in [0.1, 0.15) is 24.5 Å². The van der Waals surface area contributed by atoms with Crippen LogP contribution in [0.2, 0.25) is 0 Å². The number of rotatable bonds is 3. The molecule has 5 heteroatoms. The lowest BCUT2D eigenvalue weighted by Gasteiger charge is -2.25. The normalized spacial score (nSPS) is 24.5. The molecule has 0 unspecified atom stereocenters. The van der Waals surface area contributed by atoms with Crippen LogP contribution in [-0.2, 0) is 16.9 Å². The van der Waals surface area contributed by atoms with Crippen molar-refractivity contribution in [1.82, 2.24) is 0 Å². The first-order valence-electron chi connectivity index (χ1n) is 8.00. The van der Waals surface area contributed by atoms with Crippen molar-refractivity contribution in [2.45, 2.75) is 30.9 Å². The Morgan fingerprint density at radius 2 is 1.88 bits per heavy atom. The van der Waals surface area contributed by atoms with Crippen molar-refractivity contribution < 1.29 is 9.90 Å². The topological polar surface area (TPSA) is 52.9 Å². The van der Waals surface area contributed by atoms with Gasteiger partial charge >= 0.3 is 0 Å². The summed E-state index contributed by atoms with van der Waals surface area (Å²) < 4.78 is 0. The van der Waals surface area contributed by atoms with Gasteiger partial charge in [-0.05, 0) is 24.5 Å². The highest BCUT2D eigenvalue weighted by Gasteiger charge is 2.55. The second kappa shape index (κ2) is 5.76. The molecular weight excluding hydrogens is 320 g/mol. The Morgan fingerprint density at radius 3 is 2.62 bits per heavy atom. The summed E-state index contributed by atoms with van der Waals surface area (Å²) >= 11 is 1.50. The highest BCUT2D eigenvalue weighted by atomic mass is 32.2. The van der Waals surface area contributed by atoms with Gasteiger partial charge in [0.05, 0.1) is 10.7 Å². The highest BCUT2D eigenvalue weighted by molar-refractivity contribution is 8.14. The summed E-state index contributed by atoms with van der Waals surface area (Å²) in [6, 6.07) is 17.7. The monoisotopic (exact) mass is 338 g/mol. The minimum absolute atomic E-state index is 0.0737. The van der Waals surface area contributed by atoms with Gasteiger partial charge < -0.3 is 5.11 Å². The summed E-state index contributed by atoms with van der Waals surface area (Å²) in [5.41, 5.74) is 1.39. The van der Waals surface area contributed by atoms with Gasteiger partial charge in [-0.2, -0.15) is 0 Å². The number of aryl methyl sites for hydroxylation is 1. The van der Waals surface area contributed by atoms with E-state index in [9.17, 15) is 9.90 Å². The van der Waals surface area contributed by atoms with Crippen LogP contribution in [0.5, 0.6) is 0 Å². The maximum absolute atomic E-state index is 12.1. The molecule has 0 radical (unpaired) electrons. The van der Waals surface area contributed by atoms with Crippen molar-refractivity contribution in [3.8, 4) is 0 Å². The number of fused-ring (bicyclic) bond motifs is 3. The molecule has 1 amide bonds. The Balaban J connectivity index is 1.63. The van der Waals surface area contributed by atoms with Crippen LogP contribution in [0.15, 0.2) is 59.6 Å². The standard InChI is InChI=1S/C19H18N2O2S/c1-13(22)21-16-10-6-5-9-15(16)19(23)18(21)24-17(20-19)12-11-14-7-3-2-4-8-14/h2-10,18,23H,11-12H2,1H3/t18-,19-/m1/s1. The number of hydrogen-bond acceptors (Lipinski definition) is 4. The first-order valence-corrected chi connectivity index (χ1v) is 8.88. The Bertz CT molecular complexity index is 821. The maximum Gasteiger partial charge on any atom is 0.225 e. The molecule has 2 aromatic carbocycles. The summed E-state index contributed by atoms with van der Waals surface area (Å²) in [5.74, 6) is -0.0737. The molecule has 122 valence electrons. The molecule has 0 aromatic heterocycles.